The summed E-state index contributed by atoms with van der Waals surface area (Å²) < 4.78 is 2.37. The van der Waals surface area contributed by atoms with Gasteiger partial charge in [-0.25, -0.2) is 0 Å². The van der Waals surface area contributed by atoms with Gasteiger partial charge in [0.25, 0.3) is 0 Å². The molecule has 0 aliphatic heterocycles. The number of para-hydroxylation sites is 1. The number of fused-ring (bicyclic) bond motifs is 6. The molecule has 0 saturated carbocycles. The van der Waals surface area contributed by atoms with Crippen molar-refractivity contribution in [3.63, 3.8) is 0 Å². The summed E-state index contributed by atoms with van der Waals surface area (Å²) in [5, 5.41) is 7.95. The zero-order valence-corrected chi connectivity index (χ0v) is 16.4. The summed E-state index contributed by atoms with van der Waals surface area (Å²) in [5.41, 5.74) is 5.37. The summed E-state index contributed by atoms with van der Waals surface area (Å²) >= 11 is 0. The maximum Gasteiger partial charge on any atom is 0.0531 e. The van der Waals surface area contributed by atoms with Crippen LogP contribution in [0, 0.1) is 0 Å². The Bertz CT molecular complexity index is 1530. The molecule has 0 saturated heterocycles. The van der Waals surface area contributed by atoms with Crippen molar-refractivity contribution in [3.8, 4) is 0 Å². The molecular formula is C28H21N. The molecular weight excluding hydrogens is 350 g/mol. The smallest absolute Gasteiger partial charge is 0.0531 e. The summed E-state index contributed by atoms with van der Waals surface area (Å²) in [7, 11) is 2.20. The molecule has 0 aliphatic carbocycles. The molecule has 1 aromatic heterocycles. The highest BCUT2D eigenvalue weighted by atomic mass is 14.9. The van der Waals surface area contributed by atoms with Crippen LogP contribution in [0.25, 0.3) is 43.4 Å². The number of aromatic nitrogens is 1. The zero-order valence-electron chi connectivity index (χ0n) is 16.4. The van der Waals surface area contributed by atoms with Crippen LogP contribution in [0.1, 0.15) is 11.1 Å². The molecule has 0 radical (unpaired) electrons. The monoisotopic (exact) mass is 371 g/mol. The molecule has 6 aromatic rings. The molecule has 5 aromatic carbocycles. The van der Waals surface area contributed by atoms with Crippen LogP contribution in [0.3, 0.4) is 0 Å². The Labute approximate surface area is 169 Å². The normalized spacial score (nSPS) is 11.8. The second-order valence-corrected chi connectivity index (χ2v) is 7.91. The van der Waals surface area contributed by atoms with Crippen LogP contribution in [-0.4, -0.2) is 4.57 Å². The maximum absolute atomic E-state index is 2.38. The second kappa shape index (κ2) is 6.22. The first-order chi connectivity index (χ1) is 14.3. The van der Waals surface area contributed by atoms with Crippen LogP contribution in [0.4, 0.5) is 0 Å². The zero-order chi connectivity index (χ0) is 19.4. The molecule has 0 atom stereocenters. The van der Waals surface area contributed by atoms with E-state index >= 15 is 0 Å². The average molecular weight is 371 g/mol. The maximum atomic E-state index is 2.38. The Morgan fingerprint density at radius 2 is 1.31 bits per heavy atom. The van der Waals surface area contributed by atoms with Crippen molar-refractivity contribution in [2.75, 3.05) is 0 Å². The summed E-state index contributed by atoms with van der Waals surface area (Å²) in [5.74, 6) is 0. The van der Waals surface area contributed by atoms with Crippen molar-refractivity contribution in [2.24, 2.45) is 7.05 Å². The molecule has 6 rings (SSSR count). The molecule has 0 bridgehead atoms. The van der Waals surface area contributed by atoms with Crippen molar-refractivity contribution in [2.45, 2.75) is 6.42 Å². The highest BCUT2D eigenvalue weighted by molar-refractivity contribution is 6.21. The van der Waals surface area contributed by atoms with Gasteiger partial charge in [-0.3, -0.25) is 0 Å². The molecule has 138 valence electrons. The van der Waals surface area contributed by atoms with Gasteiger partial charge in [-0.2, -0.15) is 0 Å². The van der Waals surface area contributed by atoms with Crippen LogP contribution in [0.2, 0.25) is 0 Å². The lowest BCUT2D eigenvalue weighted by Crippen LogP contribution is -1.95. The van der Waals surface area contributed by atoms with Gasteiger partial charge in [0.15, 0.2) is 0 Å². The minimum absolute atomic E-state index is 0.927. The van der Waals surface area contributed by atoms with Gasteiger partial charge in [-0.05, 0) is 51.2 Å². The lowest BCUT2D eigenvalue weighted by molar-refractivity contribution is 1.00. The van der Waals surface area contributed by atoms with E-state index in [2.05, 4.69) is 109 Å². The minimum atomic E-state index is 0.927. The quantitative estimate of drug-likeness (QED) is 0.302. The Balaban J connectivity index is 1.66. The number of rotatable bonds is 2. The van der Waals surface area contributed by atoms with Gasteiger partial charge >= 0.3 is 0 Å². The number of aryl methyl sites for hydroxylation is 1. The summed E-state index contributed by atoms with van der Waals surface area (Å²) in [6.45, 7) is 0. The molecule has 29 heavy (non-hydrogen) atoms. The standard InChI is InChI=1S/C28H21N/c1-29-26-13-7-6-12-25(26)27-24-11-5-4-10-22(24)18-23(28(27)29)17-19-14-15-20-8-2-3-9-21(20)16-19/h2-16,18H,17H2,1H3. The number of benzene rings is 5. The molecule has 0 amide bonds. The van der Waals surface area contributed by atoms with E-state index in [9.17, 15) is 0 Å². The summed E-state index contributed by atoms with van der Waals surface area (Å²) in [6, 6.07) is 35.3. The second-order valence-electron chi connectivity index (χ2n) is 7.91. The Hall–Kier alpha value is -3.58. The minimum Gasteiger partial charge on any atom is -0.343 e. The highest BCUT2D eigenvalue weighted by Crippen LogP contribution is 2.37. The van der Waals surface area contributed by atoms with Crippen LogP contribution in [0.15, 0.2) is 97.1 Å². The molecule has 0 aliphatic rings. The van der Waals surface area contributed by atoms with Gasteiger partial charge in [0.05, 0.1) is 5.52 Å². The largest absolute Gasteiger partial charge is 0.343 e. The highest BCUT2D eigenvalue weighted by Gasteiger charge is 2.15. The lowest BCUT2D eigenvalue weighted by atomic mass is 9.95. The lowest BCUT2D eigenvalue weighted by Gasteiger charge is -2.11. The first-order valence-electron chi connectivity index (χ1n) is 10.1. The SMILES string of the molecule is Cn1c2ccccc2c2c3ccccc3cc(Cc3ccc4ccccc4c3)c21. The summed E-state index contributed by atoms with van der Waals surface area (Å²) in [6.07, 6.45) is 0.927. The Morgan fingerprint density at radius 1 is 0.621 bits per heavy atom. The van der Waals surface area contributed by atoms with Crippen LogP contribution in [-0.2, 0) is 13.5 Å². The van der Waals surface area contributed by atoms with E-state index < -0.39 is 0 Å². The van der Waals surface area contributed by atoms with E-state index in [0.717, 1.165) is 6.42 Å². The molecule has 1 heteroatoms. The molecule has 0 N–H and O–H groups in total. The van der Waals surface area contributed by atoms with E-state index in [-0.39, 0.29) is 0 Å². The predicted molar refractivity (Wildman–Crippen MR) is 125 cm³/mol. The Morgan fingerprint density at radius 3 is 2.17 bits per heavy atom. The number of nitrogens with zero attached hydrogens (tertiary/aromatic N) is 1. The van der Waals surface area contributed by atoms with Crippen molar-refractivity contribution in [3.05, 3.63) is 108 Å². The van der Waals surface area contributed by atoms with E-state index in [1.807, 2.05) is 0 Å². The fourth-order valence-corrected chi connectivity index (χ4v) is 4.85. The first kappa shape index (κ1) is 16.4. The van der Waals surface area contributed by atoms with Gasteiger partial charge in [0.2, 0.25) is 0 Å². The number of hydrogen-bond acceptors (Lipinski definition) is 0. The van der Waals surface area contributed by atoms with Crippen LogP contribution < -0.4 is 0 Å². The van der Waals surface area contributed by atoms with Gasteiger partial charge in [-0.15, -0.1) is 0 Å². The third-order valence-corrected chi connectivity index (χ3v) is 6.18. The Kier molecular flexibility index (Phi) is 3.51. The molecule has 1 heterocycles. The van der Waals surface area contributed by atoms with Crippen molar-refractivity contribution in [1.29, 1.82) is 0 Å². The van der Waals surface area contributed by atoms with Gasteiger partial charge in [0.1, 0.15) is 0 Å². The third-order valence-electron chi connectivity index (χ3n) is 6.18. The summed E-state index contributed by atoms with van der Waals surface area (Å²) in [4.78, 5) is 0. The fraction of sp³-hybridized carbons (Fsp3) is 0.0714. The van der Waals surface area contributed by atoms with Crippen molar-refractivity contribution in [1.82, 2.24) is 4.57 Å². The third kappa shape index (κ3) is 2.48. The van der Waals surface area contributed by atoms with Gasteiger partial charge in [-0.1, -0.05) is 84.9 Å². The van der Waals surface area contributed by atoms with Crippen molar-refractivity contribution >= 4 is 43.4 Å². The topological polar surface area (TPSA) is 4.93 Å². The van der Waals surface area contributed by atoms with Crippen molar-refractivity contribution < 1.29 is 0 Å². The molecule has 0 spiro atoms. The average Bonchev–Trinajstić information content (AvgIpc) is 3.07. The predicted octanol–water partition coefficient (Wildman–Crippen LogP) is 7.23. The van der Waals surface area contributed by atoms with E-state index in [4.69, 9.17) is 0 Å². The van der Waals surface area contributed by atoms with Crippen LogP contribution in [0.5, 0.6) is 0 Å². The van der Waals surface area contributed by atoms with E-state index in [1.165, 1.54) is 54.5 Å². The van der Waals surface area contributed by atoms with E-state index in [0.29, 0.717) is 0 Å². The van der Waals surface area contributed by atoms with Crippen LogP contribution >= 0.6 is 0 Å². The molecule has 0 fully saturated rings. The fourth-order valence-electron chi connectivity index (χ4n) is 4.85. The number of hydrogen-bond donors (Lipinski definition) is 0. The van der Waals surface area contributed by atoms with E-state index in [1.54, 1.807) is 0 Å². The molecule has 0 unspecified atom stereocenters. The van der Waals surface area contributed by atoms with Gasteiger partial charge in [0, 0.05) is 23.3 Å². The molecule has 1 nitrogen and oxygen atoms in total. The first-order valence-corrected chi connectivity index (χ1v) is 10.1. The van der Waals surface area contributed by atoms with Gasteiger partial charge < -0.3 is 4.57 Å².